The average Bonchev–Trinajstić information content (AvgIpc) is 3.33. The molecule has 8 heteroatoms. The Bertz CT molecular complexity index is 1060. The van der Waals surface area contributed by atoms with E-state index >= 15 is 0 Å². The third-order valence-corrected chi connectivity index (χ3v) is 5.42. The summed E-state index contributed by atoms with van der Waals surface area (Å²) in [6, 6.07) is 18.8. The van der Waals surface area contributed by atoms with Gasteiger partial charge in [0, 0.05) is 10.7 Å². The zero-order valence-electron chi connectivity index (χ0n) is 15.8. The first-order valence-corrected chi connectivity index (χ1v) is 10.1. The van der Waals surface area contributed by atoms with Crippen LogP contribution in [0.4, 0.5) is 11.4 Å². The van der Waals surface area contributed by atoms with Gasteiger partial charge in [-0.15, -0.1) is 0 Å². The van der Waals surface area contributed by atoms with Crippen molar-refractivity contribution in [3.63, 3.8) is 0 Å². The van der Waals surface area contributed by atoms with Crippen molar-refractivity contribution < 1.29 is 14.0 Å². The molecule has 6 nitrogen and oxygen atoms in total. The zero-order valence-corrected chi connectivity index (χ0v) is 17.4. The van der Waals surface area contributed by atoms with Gasteiger partial charge in [0.2, 0.25) is 5.91 Å². The average molecular weight is 440 g/mol. The Kier molecular flexibility index (Phi) is 5.83. The van der Waals surface area contributed by atoms with Crippen molar-refractivity contribution in [2.75, 3.05) is 10.2 Å². The molecule has 0 spiro atoms. The smallest absolute Gasteiger partial charge is 0.256 e. The predicted molar refractivity (Wildman–Crippen MR) is 119 cm³/mol. The third-order valence-electron chi connectivity index (χ3n) is 4.75. The molecule has 1 aliphatic heterocycles. The highest BCUT2D eigenvalue weighted by Gasteiger charge is 2.44. The van der Waals surface area contributed by atoms with Gasteiger partial charge in [-0.3, -0.25) is 14.5 Å². The Morgan fingerprint density at radius 1 is 1.07 bits per heavy atom. The second-order valence-electron chi connectivity index (χ2n) is 6.77. The summed E-state index contributed by atoms with van der Waals surface area (Å²) in [4.78, 5) is 29.1. The van der Waals surface area contributed by atoms with Crippen LogP contribution in [0.15, 0.2) is 77.4 Å². The van der Waals surface area contributed by atoms with Gasteiger partial charge in [0.15, 0.2) is 5.11 Å². The summed E-state index contributed by atoms with van der Waals surface area (Å²) in [5.41, 5.74) is 1.27. The molecule has 4 rings (SSSR count). The van der Waals surface area contributed by atoms with Gasteiger partial charge in [-0.1, -0.05) is 29.8 Å². The quantitative estimate of drug-likeness (QED) is 0.574. The van der Waals surface area contributed by atoms with Gasteiger partial charge < -0.3 is 14.6 Å². The molecule has 0 aliphatic carbocycles. The monoisotopic (exact) mass is 439 g/mol. The van der Waals surface area contributed by atoms with Gasteiger partial charge in [0.1, 0.15) is 11.8 Å². The summed E-state index contributed by atoms with van der Waals surface area (Å²) in [5.74, 6) is 0.110. The normalized spacial score (nSPS) is 16.2. The Morgan fingerprint density at radius 2 is 1.80 bits per heavy atom. The molecule has 0 saturated carbocycles. The second-order valence-corrected chi connectivity index (χ2v) is 7.58. The zero-order chi connectivity index (χ0) is 21.1. The number of hydrogen-bond donors (Lipinski definition) is 1. The number of halogens is 1. The van der Waals surface area contributed by atoms with E-state index in [2.05, 4.69) is 5.32 Å². The predicted octanol–water partition coefficient (Wildman–Crippen LogP) is 4.46. The van der Waals surface area contributed by atoms with Crippen LogP contribution >= 0.6 is 23.8 Å². The molecule has 1 fully saturated rings. The van der Waals surface area contributed by atoms with Gasteiger partial charge in [-0.2, -0.15) is 0 Å². The maximum Gasteiger partial charge on any atom is 0.256 e. The third kappa shape index (κ3) is 4.22. The van der Waals surface area contributed by atoms with E-state index in [0.717, 1.165) is 0 Å². The largest absolute Gasteiger partial charge is 0.467 e. The van der Waals surface area contributed by atoms with Crippen LogP contribution in [0.25, 0.3) is 0 Å². The number of hydrogen-bond acceptors (Lipinski definition) is 4. The molecule has 2 heterocycles. The summed E-state index contributed by atoms with van der Waals surface area (Å²) in [7, 11) is 0. The van der Waals surface area contributed by atoms with Crippen LogP contribution in [-0.2, 0) is 16.1 Å². The van der Waals surface area contributed by atoms with Crippen LogP contribution in [0.1, 0.15) is 12.2 Å². The number of carbonyl (C=O) groups excluding carboxylic acids is 2. The first-order valence-electron chi connectivity index (χ1n) is 9.30. The highest BCUT2D eigenvalue weighted by molar-refractivity contribution is 7.80. The lowest BCUT2D eigenvalue weighted by atomic mass is 10.1. The summed E-state index contributed by atoms with van der Waals surface area (Å²) < 4.78 is 5.44. The van der Waals surface area contributed by atoms with Gasteiger partial charge in [-0.25, -0.2) is 0 Å². The van der Waals surface area contributed by atoms with Crippen molar-refractivity contribution in [3.05, 3.63) is 83.8 Å². The molecule has 1 N–H and O–H groups in total. The lowest BCUT2D eigenvalue weighted by molar-refractivity contribution is -0.124. The van der Waals surface area contributed by atoms with Crippen molar-refractivity contribution in [2.24, 2.45) is 0 Å². The fourth-order valence-electron chi connectivity index (χ4n) is 3.32. The number of nitrogens with zero attached hydrogens (tertiary/aromatic N) is 2. The molecule has 0 bridgehead atoms. The van der Waals surface area contributed by atoms with Gasteiger partial charge in [-0.05, 0) is 60.7 Å². The fraction of sp³-hybridized carbons (Fsp3) is 0.136. The highest BCUT2D eigenvalue weighted by atomic mass is 35.5. The summed E-state index contributed by atoms with van der Waals surface area (Å²) in [6.07, 6.45) is 1.52. The molecule has 152 valence electrons. The number of nitrogens with one attached hydrogen (secondary N) is 1. The number of para-hydroxylation sites is 1. The molecule has 1 aromatic heterocycles. The molecule has 0 radical (unpaired) electrons. The number of thiocarbonyl (C=S) groups is 1. The van der Waals surface area contributed by atoms with Crippen LogP contribution in [0.5, 0.6) is 0 Å². The first-order chi connectivity index (χ1) is 14.5. The minimum absolute atomic E-state index is 0.0430. The van der Waals surface area contributed by atoms with Crippen LogP contribution in [-0.4, -0.2) is 27.9 Å². The minimum atomic E-state index is -0.748. The molecule has 2 aromatic carbocycles. The van der Waals surface area contributed by atoms with Crippen molar-refractivity contribution in [2.45, 2.75) is 19.0 Å². The summed E-state index contributed by atoms with van der Waals surface area (Å²) >= 11 is 11.6. The molecule has 1 atom stereocenters. The number of rotatable bonds is 6. The van der Waals surface area contributed by atoms with E-state index in [4.69, 9.17) is 28.2 Å². The Hall–Kier alpha value is -3.16. The number of amides is 2. The van der Waals surface area contributed by atoms with E-state index in [9.17, 15) is 9.59 Å². The molecular weight excluding hydrogens is 422 g/mol. The molecule has 1 saturated heterocycles. The number of carbonyl (C=O) groups is 2. The summed E-state index contributed by atoms with van der Waals surface area (Å²) in [6.45, 7) is 0.283. The maximum atomic E-state index is 13.3. The SMILES string of the molecule is O=C(CC1C(=O)N(c2ccc(Cl)cc2)C(=S)N1Cc1ccco1)Nc1ccccc1. The second kappa shape index (κ2) is 8.69. The first kappa shape index (κ1) is 20.1. The van der Waals surface area contributed by atoms with E-state index in [1.165, 1.54) is 4.90 Å². The van der Waals surface area contributed by atoms with Crippen LogP contribution in [0, 0.1) is 0 Å². The number of anilines is 2. The number of furan rings is 1. The molecule has 30 heavy (non-hydrogen) atoms. The Labute approximate surface area is 184 Å². The Morgan fingerprint density at radius 3 is 2.47 bits per heavy atom. The van der Waals surface area contributed by atoms with Crippen LogP contribution in [0.2, 0.25) is 5.02 Å². The van der Waals surface area contributed by atoms with Gasteiger partial charge >= 0.3 is 0 Å². The maximum absolute atomic E-state index is 13.3. The van der Waals surface area contributed by atoms with Crippen molar-refractivity contribution >= 4 is 52.1 Å². The van der Waals surface area contributed by atoms with Gasteiger partial charge in [0.25, 0.3) is 5.91 Å². The topological polar surface area (TPSA) is 65.8 Å². The van der Waals surface area contributed by atoms with Crippen molar-refractivity contribution in [3.8, 4) is 0 Å². The highest BCUT2D eigenvalue weighted by Crippen LogP contribution is 2.29. The molecule has 1 unspecified atom stereocenters. The van der Waals surface area contributed by atoms with Gasteiger partial charge in [0.05, 0.1) is 24.9 Å². The molecule has 1 aliphatic rings. The van der Waals surface area contributed by atoms with E-state index in [0.29, 0.717) is 27.3 Å². The lowest BCUT2D eigenvalue weighted by Crippen LogP contribution is -2.37. The standard InChI is InChI=1S/C22H18ClN3O3S/c23-15-8-10-17(11-9-15)26-21(28)19(13-20(27)24-16-5-2-1-3-6-16)25(22(26)30)14-18-7-4-12-29-18/h1-12,19H,13-14H2,(H,24,27). The van der Waals surface area contributed by atoms with E-state index < -0.39 is 6.04 Å². The minimum Gasteiger partial charge on any atom is -0.467 e. The molecule has 3 aromatic rings. The fourth-order valence-corrected chi connectivity index (χ4v) is 3.83. The van der Waals surface area contributed by atoms with E-state index in [1.807, 2.05) is 18.2 Å². The van der Waals surface area contributed by atoms with E-state index in [1.54, 1.807) is 59.7 Å². The van der Waals surface area contributed by atoms with E-state index in [-0.39, 0.29) is 24.8 Å². The van der Waals surface area contributed by atoms with Crippen molar-refractivity contribution in [1.82, 2.24) is 4.90 Å². The van der Waals surface area contributed by atoms with Crippen LogP contribution < -0.4 is 10.2 Å². The summed E-state index contributed by atoms with van der Waals surface area (Å²) in [5, 5.41) is 3.70. The molecule has 2 amide bonds. The van der Waals surface area contributed by atoms with Crippen LogP contribution in [0.3, 0.4) is 0 Å². The molecular formula is C22H18ClN3O3S. The van der Waals surface area contributed by atoms with Crippen molar-refractivity contribution in [1.29, 1.82) is 0 Å². The number of benzene rings is 2. The lowest BCUT2D eigenvalue weighted by Gasteiger charge is -2.22. The Balaban J connectivity index is 1.59.